The van der Waals surface area contributed by atoms with Crippen LogP contribution >= 0.6 is 0 Å². The lowest BCUT2D eigenvalue weighted by Gasteiger charge is -2.47. The van der Waals surface area contributed by atoms with Crippen molar-refractivity contribution in [2.75, 3.05) is 19.8 Å². The summed E-state index contributed by atoms with van der Waals surface area (Å²) in [5.41, 5.74) is 0.258. The normalized spacial score (nSPS) is 28.9. The van der Waals surface area contributed by atoms with Crippen LogP contribution < -0.4 is 5.32 Å². The van der Waals surface area contributed by atoms with Gasteiger partial charge in [0.25, 0.3) is 0 Å². The fraction of sp³-hybridized carbons (Fsp3) is 1.00. The Labute approximate surface area is 105 Å². The van der Waals surface area contributed by atoms with Gasteiger partial charge in [0.1, 0.15) is 0 Å². The molecular weight excluding hydrogens is 214 g/mol. The number of hydrogen-bond acceptors (Lipinski definition) is 3. The molecule has 2 atom stereocenters. The zero-order chi connectivity index (χ0) is 12.1. The molecule has 1 spiro atoms. The molecule has 100 valence electrons. The van der Waals surface area contributed by atoms with Crippen LogP contribution in [0.15, 0.2) is 0 Å². The molecule has 2 rings (SSSR count). The van der Waals surface area contributed by atoms with Crippen LogP contribution in [0.2, 0.25) is 0 Å². The predicted molar refractivity (Wildman–Crippen MR) is 69.0 cm³/mol. The second-order valence-electron chi connectivity index (χ2n) is 5.96. The van der Waals surface area contributed by atoms with Gasteiger partial charge in [0.15, 0.2) is 0 Å². The van der Waals surface area contributed by atoms with E-state index in [2.05, 4.69) is 12.2 Å². The molecule has 3 heteroatoms. The maximum atomic E-state index is 8.95. The van der Waals surface area contributed by atoms with E-state index < -0.39 is 0 Å². The smallest absolute Gasteiger partial charge is 0.0697 e. The summed E-state index contributed by atoms with van der Waals surface area (Å²) in [6.45, 7) is 4.45. The van der Waals surface area contributed by atoms with Crippen LogP contribution in [0, 0.1) is 5.92 Å². The molecule has 1 saturated heterocycles. The quantitative estimate of drug-likeness (QED) is 0.700. The molecular formula is C14H27NO2. The minimum absolute atomic E-state index is 0.258. The maximum Gasteiger partial charge on any atom is 0.0697 e. The summed E-state index contributed by atoms with van der Waals surface area (Å²) in [7, 11) is 0. The Hall–Kier alpha value is -0.120. The molecule has 1 saturated carbocycles. The third kappa shape index (κ3) is 3.67. The Kier molecular flexibility index (Phi) is 4.83. The van der Waals surface area contributed by atoms with Crippen LogP contribution in [-0.2, 0) is 4.74 Å². The van der Waals surface area contributed by atoms with Crippen LogP contribution in [0.3, 0.4) is 0 Å². The first-order valence-corrected chi connectivity index (χ1v) is 7.22. The number of rotatable bonds is 6. The fourth-order valence-electron chi connectivity index (χ4n) is 2.97. The van der Waals surface area contributed by atoms with Gasteiger partial charge in [-0.2, -0.15) is 0 Å². The average molecular weight is 241 g/mol. The number of ether oxygens (including phenoxy) is 1. The number of hydrogen-bond donors (Lipinski definition) is 2. The summed E-state index contributed by atoms with van der Waals surface area (Å²) in [6.07, 6.45) is 8.56. The molecule has 0 amide bonds. The highest BCUT2D eigenvalue weighted by Crippen LogP contribution is 2.42. The first kappa shape index (κ1) is 13.3. The van der Waals surface area contributed by atoms with E-state index in [9.17, 15) is 0 Å². The summed E-state index contributed by atoms with van der Waals surface area (Å²) in [5, 5.41) is 12.6. The molecule has 0 radical (unpaired) electrons. The molecule has 0 bridgehead atoms. The molecule has 3 nitrogen and oxygen atoms in total. The number of nitrogens with one attached hydrogen (secondary N) is 1. The van der Waals surface area contributed by atoms with E-state index in [1.54, 1.807) is 0 Å². The third-order valence-electron chi connectivity index (χ3n) is 4.38. The molecule has 1 aliphatic carbocycles. The highest BCUT2D eigenvalue weighted by Gasteiger charge is 2.42. The Morgan fingerprint density at radius 3 is 2.94 bits per heavy atom. The Morgan fingerprint density at radius 2 is 2.29 bits per heavy atom. The lowest BCUT2D eigenvalue weighted by Crippen LogP contribution is -2.51. The van der Waals surface area contributed by atoms with Crippen molar-refractivity contribution >= 4 is 0 Å². The van der Waals surface area contributed by atoms with E-state index in [1.807, 2.05) is 0 Å². The van der Waals surface area contributed by atoms with E-state index >= 15 is 0 Å². The standard InChI is InChI=1S/C14H27NO2/c1-12(11-16)4-2-8-15-13-5-9-17-14(10-13)6-3-7-14/h12-13,15-16H,2-11H2,1H3. The minimum Gasteiger partial charge on any atom is -0.396 e. The highest BCUT2D eigenvalue weighted by molar-refractivity contribution is 4.95. The molecule has 2 N–H and O–H groups in total. The predicted octanol–water partition coefficient (Wildman–Crippen LogP) is 2.09. The minimum atomic E-state index is 0.258. The van der Waals surface area contributed by atoms with Gasteiger partial charge in [0.2, 0.25) is 0 Å². The van der Waals surface area contributed by atoms with Gasteiger partial charge in [-0.3, -0.25) is 0 Å². The van der Waals surface area contributed by atoms with E-state index in [0.717, 1.165) is 26.0 Å². The van der Waals surface area contributed by atoms with Crippen LogP contribution in [0.4, 0.5) is 0 Å². The van der Waals surface area contributed by atoms with Crippen molar-refractivity contribution in [3.63, 3.8) is 0 Å². The summed E-state index contributed by atoms with van der Waals surface area (Å²) in [4.78, 5) is 0. The molecule has 2 unspecified atom stereocenters. The maximum absolute atomic E-state index is 8.95. The van der Waals surface area contributed by atoms with Crippen molar-refractivity contribution in [2.24, 2.45) is 5.92 Å². The van der Waals surface area contributed by atoms with Gasteiger partial charge in [-0.05, 0) is 57.4 Å². The zero-order valence-electron chi connectivity index (χ0n) is 11.1. The van der Waals surface area contributed by atoms with Gasteiger partial charge < -0.3 is 15.2 Å². The molecule has 0 aromatic carbocycles. The van der Waals surface area contributed by atoms with Crippen LogP contribution in [0.1, 0.15) is 51.9 Å². The van der Waals surface area contributed by atoms with Gasteiger partial charge in [-0.1, -0.05) is 6.92 Å². The van der Waals surface area contributed by atoms with Gasteiger partial charge in [-0.25, -0.2) is 0 Å². The van der Waals surface area contributed by atoms with Crippen molar-refractivity contribution in [3.05, 3.63) is 0 Å². The van der Waals surface area contributed by atoms with E-state index in [4.69, 9.17) is 9.84 Å². The highest BCUT2D eigenvalue weighted by atomic mass is 16.5. The van der Waals surface area contributed by atoms with E-state index in [1.165, 1.54) is 32.1 Å². The third-order valence-corrected chi connectivity index (χ3v) is 4.38. The van der Waals surface area contributed by atoms with Crippen molar-refractivity contribution in [1.82, 2.24) is 5.32 Å². The molecule has 2 fully saturated rings. The Balaban J connectivity index is 1.59. The van der Waals surface area contributed by atoms with Crippen LogP contribution in [0.25, 0.3) is 0 Å². The second kappa shape index (κ2) is 6.17. The number of aliphatic hydroxyl groups is 1. The summed E-state index contributed by atoms with van der Waals surface area (Å²) in [5.74, 6) is 0.449. The zero-order valence-corrected chi connectivity index (χ0v) is 11.1. The van der Waals surface area contributed by atoms with Crippen LogP contribution in [-0.4, -0.2) is 36.5 Å². The SMILES string of the molecule is CC(CO)CCCNC1CCOC2(CCC2)C1. The van der Waals surface area contributed by atoms with E-state index in [0.29, 0.717) is 18.6 Å². The van der Waals surface area contributed by atoms with E-state index in [-0.39, 0.29) is 5.60 Å². The van der Waals surface area contributed by atoms with Crippen molar-refractivity contribution in [3.8, 4) is 0 Å². The van der Waals surface area contributed by atoms with Crippen molar-refractivity contribution < 1.29 is 9.84 Å². The van der Waals surface area contributed by atoms with Crippen molar-refractivity contribution in [2.45, 2.75) is 63.5 Å². The van der Waals surface area contributed by atoms with Gasteiger partial charge in [-0.15, -0.1) is 0 Å². The monoisotopic (exact) mass is 241 g/mol. The molecule has 2 aliphatic rings. The average Bonchev–Trinajstić information content (AvgIpc) is 2.33. The lowest BCUT2D eigenvalue weighted by atomic mass is 9.74. The second-order valence-corrected chi connectivity index (χ2v) is 5.96. The van der Waals surface area contributed by atoms with Gasteiger partial charge in [0.05, 0.1) is 5.60 Å². The van der Waals surface area contributed by atoms with Gasteiger partial charge >= 0.3 is 0 Å². The Morgan fingerprint density at radius 1 is 1.47 bits per heavy atom. The number of aliphatic hydroxyl groups excluding tert-OH is 1. The van der Waals surface area contributed by atoms with Crippen LogP contribution in [0.5, 0.6) is 0 Å². The van der Waals surface area contributed by atoms with Gasteiger partial charge in [0, 0.05) is 19.3 Å². The molecule has 0 aromatic rings. The Bertz CT molecular complexity index is 228. The largest absolute Gasteiger partial charge is 0.396 e. The first-order chi connectivity index (χ1) is 8.24. The summed E-state index contributed by atoms with van der Waals surface area (Å²) in [6, 6.07) is 0.661. The van der Waals surface area contributed by atoms with Crippen molar-refractivity contribution in [1.29, 1.82) is 0 Å². The fourth-order valence-corrected chi connectivity index (χ4v) is 2.97. The topological polar surface area (TPSA) is 41.5 Å². The molecule has 1 heterocycles. The summed E-state index contributed by atoms with van der Waals surface area (Å²) >= 11 is 0. The molecule has 1 aliphatic heterocycles. The summed E-state index contributed by atoms with van der Waals surface area (Å²) < 4.78 is 5.92. The lowest BCUT2D eigenvalue weighted by molar-refractivity contribution is -0.135. The molecule has 0 aromatic heterocycles. The molecule has 17 heavy (non-hydrogen) atoms. The first-order valence-electron chi connectivity index (χ1n) is 7.22.